The number of carboxylic acids is 1. The Bertz CT molecular complexity index is 537. The predicted octanol–water partition coefficient (Wildman–Crippen LogP) is 2.23. The van der Waals surface area contributed by atoms with E-state index in [9.17, 15) is 19.1 Å². The summed E-state index contributed by atoms with van der Waals surface area (Å²) in [6.45, 7) is 3.21. The standard InChI is InChI=1S/C15H18FNO3/c1-3-14(2,13(19)20)17-12(18)15(8-9-15)10-4-6-11(16)7-5-10/h4-7H,3,8-9H2,1-2H3,(H,17,18)(H,19,20). The number of carbonyl (C=O) groups is 2. The van der Waals surface area contributed by atoms with Gasteiger partial charge in [0.15, 0.2) is 0 Å². The lowest BCUT2D eigenvalue weighted by Crippen LogP contribution is -2.54. The second kappa shape index (κ2) is 4.89. The summed E-state index contributed by atoms with van der Waals surface area (Å²) in [5, 5.41) is 11.8. The van der Waals surface area contributed by atoms with E-state index in [1.807, 2.05) is 0 Å². The van der Waals surface area contributed by atoms with Crippen molar-refractivity contribution < 1.29 is 19.1 Å². The van der Waals surface area contributed by atoms with Gasteiger partial charge < -0.3 is 10.4 Å². The average Bonchev–Trinajstić information content (AvgIpc) is 3.20. The fraction of sp³-hybridized carbons (Fsp3) is 0.467. The quantitative estimate of drug-likeness (QED) is 0.868. The third kappa shape index (κ3) is 2.40. The number of amides is 1. The fourth-order valence-electron chi connectivity index (χ4n) is 2.20. The maximum absolute atomic E-state index is 12.9. The number of benzene rings is 1. The highest BCUT2D eigenvalue weighted by Gasteiger charge is 2.53. The summed E-state index contributed by atoms with van der Waals surface area (Å²) >= 11 is 0. The first-order chi connectivity index (χ1) is 9.34. The van der Waals surface area contributed by atoms with Gasteiger partial charge in [-0.2, -0.15) is 0 Å². The maximum atomic E-state index is 12.9. The Morgan fingerprint density at radius 3 is 2.30 bits per heavy atom. The van der Waals surface area contributed by atoms with E-state index in [4.69, 9.17) is 0 Å². The van der Waals surface area contributed by atoms with Crippen molar-refractivity contribution >= 4 is 11.9 Å². The topological polar surface area (TPSA) is 66.4 Å². The van der Waals surface area contributed by atoms with Gasteiger partial charge in [0.05, 0.1) is 5.41 Å². The fourth-order valence-corrected chi connectivity index (χ4v) is 2.20. The molecule has 1 aliphatic carbocycles. The minimum Gasteiger partial charge on any atom is -0.480 e. The number of carboxylic acid groups (broad SMARTS) is 1. The first-order valence-electron chi connectivity index (χ1n) is 6.66. The van der Waals surface area contributed by atoms with Gasteiger partial charge in [-0.1, -0.05) is 19.1 Å². The molecule has 1 aromatic carbocycles. The highest BCUT2D eigenvalue weighted by molar-refractivity contribution is 5.95. The lowest BCUT2D eigenvalue weighted by molar-refractivity contribution is -0.147. The minimum absolute atomic E-state index is 0.296. The van der Waals surface area contributed by atoms with Crippen LogP contribution in [0.2, 0.25) is 0 Å². The van der Waals surface area contributed by atoms with Gasteiger partial charge in [0.25, 0.3) is 0 Å². The number of hydrogen-bond donors (Lipinski definition) is 2. The predicted molar refractivity (Wildman–Crippen MR) is 71.8 cm³/mol. The lowest BCUT2D eigenvalue weighted by atomic mass is 9.92. The van der Waals surface area contributed by atoms with E-state index in [2.05, 4.69) is 5.32 Å². The Morgan fingerprint density at radius 1 is 1.35 bits per heavy atom. The number of nitrogens with one attached hydrogen (secondary N) is 1. The summed E-state index contributed by atoms with van der Waals surface area (Å²) < 4.78 is 12.9. The zero-order valence-electron chi connectivity index (χ0n) is 11.6. The normalized spacial score (nSPS) is 18.9. The van der Waals surface area contributed by atoms with Crippen molar-refractivity contribution in [3.63, 3.8) is 0 Å². The second-order valence-electron chi connectivity index (χ2n) is 5.53. The Balaban J connectivity index is 2.21. The first kappa shape index (κ1) is 14.5. The Labute approximate surface area is 117 Å². The molecule has 108 valence electrons. The molecule has 4 nitrogen and oxygen atoms in total. The Hall–Kier alpha value is -1.91. The van der Waals surface area contributed by atoms with Crippen LogP contribution in [0.25, 0.3) is 0 Å². The molecule has 1 aliphatic rings. The number of aliphatic carboxylic acids is 1. The van der Waals surface area contributed by atoms with Gasteiger partial charge in [0.1, 0.15) is 11.4 Å². The van der Waals surface area contributed by atoms with Gasteiger partial charge >= 0.3 is 5.97 Å². The van der Waals surface area contributed by atoms with Gasteiger partial charge in [-0.15, -0.1) is 0 Å². The van der Waals surface area contributed by atoms with E-state index in [1.165, 1.54) is 19.1 Å². The number of carbonyl (C=O) groups excluding carboxylic acids is 1. The van der Waals surface area contributed by atoms with E-state index in [0.29, 0.717) is 19.3 Å². The number of hydrogen-bond acceptors (Lipinski definition) is 2. The minimum atomic E-state index is -1.27. The summed E-state index contributed by atoms with van der Waals surface area (Å²) in [4.78, 5) is 23.7. The average molecular weight is 279 g/mol. The van der Waals surface area contributed by atoms with E-state index in [0.717, 1.165) is 5.56 Å². The molecule has 1 saturated carbocycles. The zero-order valence-corrected chi connectivity index (χ0v) is 11.6. The van der Waals surface area contributed by atoms with E-state index < -0.39 is 16.9 Å². The molecule has 1 atom stereocenters. The van der Waals surface area contributed by atoms with Crippen molar-refractivity contribution in [1.82, 2.24) is 5.32 Å². The third-order valence-electron chi connectivity index (χ3n) is 4.15. The molecule has 1 amide bonds. The smallest absolute Gasteiger partial charge is 0.329 e. The van der Waals surface area contributed by atoms with Crippen molar-refractivity contribution in [3.05, 3.63) is 35.6 Å². The van der Waals surface area contributed by atoms with Crippen molar-refractivity contribution in [3.8, 4) is 0 Å². The monoisotopic (exact) mass is 279 g/mol. The molecular formula is C15H18FNO3. The first-order valence-corrected chi connectivity index (χ1v) is 6.66. The molecule has 0 saturated heterocycles. The van der Waals surface area contributed by atoms with Crippen molar-refractivity contribution in [2.75, 3.05) is 0 Å². The summed E-state index contributed by atoms with van der Waals surface area (Å²) in [5.74, 6) is -1.70. The van der Waals surface area contributed by atoms with E-state index >= 15 is 0 Å². The van der Waals surface area contributed by atoms with Crippen LogP contribution in [0.5, 0.6) is 0 Å². The summed E-state index contributed by atoms with van der Waals surface area (Å²) in [5.41, 5.74) is -1.23. The van der Waals surface area contributed by atoms with Gasteiger partial charge in [-0.25, -0.2) is 9.18 Å². The van der Waals surface area contributed by atoms with E-state index in [1.54, 1.807) is 19.1 Å². The highest BCUT2D eigenvalue weighted by atomic mass is 19.1. The van der Waals surface area contributed by atoms with Crippen LogP contribution < -0.4 is 5.32 Å². The molecule has 1 fully saturated rings. The lowest BCUT2D eigenvalue weighted by Gasteiger charge is -2.27. The molecule has 2 N–H and O–H groups in total. The molecule has 0 radical (unpaired) electrons. The van der Waals surface area contributed by atoms with Crippen LogP contribution >= 0.6 is 0 Å². The zero-order chi connectivity index (χ0) is 15.0. The van der Waals surface area contributed by atoms with Crippen LogP contribution in [-0.4, -0.2) is 22.5 Å². The molecule has 5 heteroatoms. The van der Waals surface area contributed by atoms with Crippen LogP contribution in [-0.2, 0) is 15.0 Å². The van der Waals surface area contributed by atoms with Gasteiger partial charge in [-0.3, -0.25) is 4.79 Å². The molecule has 0 aromatic heterocycles. The largest absolute Gasteiger partial charge is 0.480 e. The van der Waals surface area contributed by atoms with Crippen LogP contribution in [0.4, 0.5) is 4.39 Å². The van der Waals surface area contributed by atoms with E-state index in [-0.39, 0.29) is 11.7 Å². The van der Waals surface area contributed by atoms with Crippen LogP contribution in [0.3, 0.4) is 0 Å². The van der Waals surface area contributed by atoms with Gasteiger partial charge in [0.2, 0.25) is 5.91 Å². The van der Waals surface area contributed by atoms with Gasteiger partial charge in [-0.05, 0) is 43.9 Å². The highest BCUT2D eigenvalue weighted by Crippen LogP contribution is 2.48. The molecule has 1 unspecified atom stereocenters. The summed E-state index contributed by atoms with van der Waals surface area (Å²) in [7, 11) is 0. The van der Waals surface area contributed by atoms with Crippen LogP contribution in [0, 0.1) is 5.82 Å². The molecule has 0 aliphatic heterocycles. The molecule has 0 heterocycles. The van der Waals surface area contributed by atoms with Crippen molar-refractivity contribution in [2.45, 2.75) is 44.1 Å². The molecule has 0 bridgehead atoms. The molecule has 0 spiro atoms. The van der Waals surface area contributed by atoms with Crippen molar-refractivity contribution in [2.24, 2.45) is 0 Å². The molecular weight excluding hydrogens is 261 g/mol. The van der Waals surface area contributed by atoms with Crippen molar-refractivity contribution in [1.29, 1.82) is 0 Å². The summed E-state index contributed by atoms with van der Waals surface area (Å²) in [6, 6.07) is 5.82. The third-order valence-corrected chi connectivity index (χ3v) is 4.15. The number of halogens is 1. The summed E-state index contributed by atoms with van der Waals surface area (Å²) in [6.07, 6.45) is 1.61. The molecule has 2 rings (SSSR count). The van der Waals surface area contributed by atoms with Crippen LogP contribution in [0.1, 0.15) is 38.7 Å². The Morgan fingerprint density at radius 2 is 1.90 bits per heavy atom. The van der Waals surface area contributed by atoms with Gasteiger partial charge in [0, 0.05) is 0 Å². The van der Waals surface area contributed by atoms with Crippen LogP contribution in [0.15, 0.2) is 24.3 Å². The Kier molecular flexibility index (Phi) is 3.54. The molecule has 20 heavy (non-hydrogen) atoms. The second-order valence-corrected chi connectivity index (χ2v) is 5.53. The molecule has 1 aromatic rings. The maximum Gasteiger partial charge on any atom is 0.329 e. The number of rotatable bonds is 5. The SMILES string of the molecule is CCC(C)(NC(=O)C1(c2ccc(F)cc2)CC1)C(=O)O.